The molecule has 0 spiro atoms. The molecule has 1 aliphatic heterocycles. The Morgan fingerprint density at radius 3 is 2.60 bits per heavy atom. The fourth-order valence-electron chi connectivity index (χ4n) is 1.76. The smallest absolute Gasteiger partial charge is 0.214 e. The molecule has 1 saturated heterocycles. The Balaban J connectivity index is 2.48. The molecule has 1 fully saturated rings. The van der Waals surface area contributed by atoms with Crippen molar-refractivity contribution in [2.75, 3.05) is 25.4 Å². The first kappa shape index (κ1) is 12.9. The topological polar surface area (TPSA) is 63.4 Å². The van der Waals surface area contributed by atoms with Gasteiger partial charge >= 0.3 is 0 Å². The molecule has 2 N–H and O–H groups in total. The Kier molecular flexibility index (Phi) is 4.55. The van der Waals surface area contributed by atoms with Crippen LogP contribution < -0.4 is 5.73 Å². The van der Waals surface area contributed by atoms with E-state index >= 15 is 0 Å². The molecule has 4 nitrogen and oxygen atoms in total. The van der Waals surface area contributed by atoms with Gasteiger partial charge in [0, 0.05) is 13.1 Å². The third-order valence-electron chi connectivity index (χ3n) is 2.93. The molecule has 0 radical (unpaired) electrons. The molecule has 0 bridgehead atoms. The summed E-state index contributed by atoms with van der Waals surface area (Å²) in [7, 11) is -3.02. The number of rotatable bonds is 5. The molecule has 5 heteroatoms. The van der Waals surface area contributed by atoms with Gasteiger partial charge in [-0.25, -0.2) is 12.7 Å². The van der Waals surface area contributed by atoms with Crippen LogP contribution >= 0.6 is 0 Å². The first-order valence-electron chi connectivity index (χ1n) is 5.63. The largest absolute Gasteiger partial charge is 0.330 e. The highest BCUT2D eigenvalue weighted by Gasteiger charge is 2.30. The van der Waals surface area contributed by atoms with Crippen molar-refractivity contribution in [2.45, 2.75) is 26.7 Å². The van der Waals surface area contributed by atoms with Crippen LogP contribution in [0.15, 0.2) is 0 Å². The summed E-state index contributed by atoms with van der Waals surface area (Å²) in [5.74, 6) is 1.08. The molecular formula is C10H22N2O2S. The second kappa shape index (κ2) is 5.27. The van der Waals surface area contributed by atoms with Crippen molar-refractivity contribution in [3.63, 3.8) is 0 Å². The van der Waals surface area contributed by atoms with Crippen LogP contribution in [0.4, 0.5) is 0 Å². The lowest BCUT2D eigenvalue weighted by molar-refractivity contribution is 0.454. The Labute approximate surface area is 92.9 Å². The average Bonchev–Trinajstić information content (AvgIpc) is 2.63. The minimum absolute atomic E-state index is 0.280. The number of nitrogens with zero attached hydrogens (tertiary/aromatic N) is 1. The lowest BCUT2D eigenvalue weighted by Gasteiger charge is -2.16. The summed E-state index contributed by atoms with van der Waals surface area (Å²) in [4.78, 5) is 0. The molecule has 1 heterocycles. The molecule has 90 valence electrons. The van der Waals surface area contributed by atoms with Crippen LogP contribution in [0.5, 0.6) is 0 Å². The second-order valence-electron chi connectivity index (χ2n) is 4.75. The zero-order valence-corrected chi connectivity index (χ0v) is 10.5. The quantitative estimate of drug-likeness (QED) is 0.759. The maximum Gasteiger partial charge on any atom is 0.214 e. The van der Waals surface area contributed by atoms with Crippen LogP contribution in [-0.2, 0) is 10.0 Å². The standard InChI is InChI=1S/C10H22N2O2S/c1-9(2)4-6-15(13,14)12-5-3-10(7-11)8-12/h9-10H,3-8,11H2,1-2H3. The monoisotopic (exact) mass is 234 g/mol. The molecule has 1 atom stereocenters. The van der Waals surface area contributed by atoms with E-state index in [2.05, 4.69) is 0 Å². The zero-order chi connectivity index (χ0) is 11.5. The first-order valence-corrected chi connectivity index (χ1v) is 7.24. The van der Waals surface area contributed by atoms with Gasteiger partial charge in [0.15, 0.2) is 0 Å². The number of nitrogens with two attached hydrogens (primary N) is 1. The van der Waals surface area contributed by atoms with Crippen molar-refractivity contribution >= 4 is 10.0 Å². The van der Waals surface area contributed by atoms with Crippen molar-refractivity contribution in [1.29, 1.82) is 0 Å². The van der Waals surface area contributed by atoms with E-state index in [1.54, 1.807) is 4.31 Å². The number of sulfonamides is 1. The van der Waals surface area contributed by atoms with E-state index in [0.717, 1.165) is 12.8 Å². The molecule has 1 aliphatic rings. The second-order valence-corrected chi connectivity index (χ2v) is 6.84. The van der Waals surface area contributed by atoms with Crippen molar-refractivity contribution in [1.82, 2.24) is 4.31 Å². The lowest BCUT2D eigenvalue weighted by Crippen LogP contribution is -2.32. The summed E-state index contributed by atoms with van der Waals surface area (Å²) in [5.41, 5.74) is 5.54. The minimum atomic E-state index is -3.02. The molecule has 1 unspecified atom stereocenters. The van der Waals surface area contributed by atoms with Crippen LogP contribution in [0, 0.1) is 11.8 Å². The summed E-state index contributed by atoms with van der Waals surface area (Å²) < 4.78 is 25.4. The summed E-state index contributed by atoms with van der Waals surface area (Å²) in [5, 5.41) is 0. The fourth-order valence-corrected chi connectivity index (χ4v) is 3.60. The lowest BCUT2D eigenvalue weighted by atomic mass is 10.1. The van der Waals surface area contributed by atoms with Gasteiger partial charge < -0.3 is 5.73 Å². The minimum Gasteiger partial charge on any atom is -0.330 e. The van der Waals surface area contributed by atoms with Crippen LogP contribution in [0.1, 0.15) is 26.7 Å². The third-order valence-corrected chi connectivity index (χ3v) is 4.80. The summed E-state index contributed by atoms with van der Waals surface area (Å²) >= 11 is 0. The van der Waals surface area contributed by atoms with Crippen LogP contribution in [-0.4, -0.2) is 38.1 Å². The number of hydrogen-bond donors (Lipinski definition) is 1. The van der Waals surface area contributed by atoms with E-state index < -0.39 is 10.0 Å². The molecule has 0 saturated carbocycles. The predicted octanol–water partition coefficient (Wildman–Crippen LogP) is 0.643. The van der Waals surface area contributed by atoms with E-state index in [0.29, 0.717) is 31.5 Å². The average molecular weight is 234 g/mol. The van der Waals surface area contributed by atoms with E-state index in [-0.39, 0.29) is 5.75 Å². The molecule has 1 rings (SSSR count). The molecule has 0 aromatic heterocycles. The number of hydrogen-bond acceptors (Lipinski definition) is 3. The van der Waals surface area contributed by atoms with Gasteiger partial charge in [0.25, 0.3) is 0 Å². The Morgan fingerprint density at radius 2 is 2.13 bits per heavy atom. The normalized spacial score (nSPS) is 23.9. The molecular weight excluding hydrogens is 212 g/mol. The summed E-state index contributed by atoms with van der Waals surface area (Å²) in [6.45, 7) is 5.96. The van der Waals surface area contributed by atoms with Crippen LogP contribution in [0.25, 0.3) is 0 Å². The maximum absolute atomic E-state index is 11.9. The van der Waals surface area contributed by atoms with E-state index in [9.17, 15) is 8.42 Å². The first-order chi connectivity index (χ1) is 6.95. The SMILES string of the molecule is CC(C)CCS(=O)(=O)N1CCC(CN)C1. The summed E-state index contributed by atoms with van der Waals surface area (Å²) in [6, 6.07) is 0. The Bertz CT molecular complexity index is 288. The van der Waals surface area contributed by atoms with Gasteiger partial charge in [0.05, 0.1) is 5.75 Å². The van der Waals surface area contributed by atoms with E-state index in [4.69, 9.17) is 5.73 Å². The van der Waals surface area contributed by atoms with Crippen molar-refractivity contribution in [3.8, 4) is 0 Å². The molecule has 0 aromatic carbocycles. The fraction of sp³-hybridized carbons (Fsp3) is 1.00. The molecule has 15 heavy (non-hydrogen) atoms. The van der Waals surface area contributed by atoms with Gasteiger partial charge in [0.2, 0.25) is 10.0 Å². The van der Waals surface area contributed by atoms with Gasteiger partial charge in [-0.05, 0) is 31.2 Å². The maximum atomic E-state index is 11.9. The van der Waals surface area contributed by atoms with Gasteiger partial charge in [0.1, 0.15) is 0 Å². The van der Waals surface area contributed by atoms with E-state index in [1.807, 2.05) is 13.8 Å². The Morgan fingerprint density at radius 1 is 1.47 bits per heavy atom. The van der Waals surface area contributed by atoms with Gasteiger partial charge in [-0.1, -0.05) is 13.8 Å². The molecule has 0 aliphatic carbocycles. The summed E-state index contributed by atoms with van der Waals surface area (Å²) in [6.07, 6.45) is 1.66. The zero-order valence-electron chi connectivity index (χ0n) is 9.65. The highest BCUT2D eigenvalue weighted by Crippen LogP contribution is 2.19. The van der Waals surface area contributed by atoms with E-state index in [1.165, 1.54) is 0 Å². The van der Waals surface area contributed by atoms with Gasteiger partial charge in [-0.2, -0.15) is 0 Å². The Hall–Kier alpha value is -0.130. The van der Waals surface area contributed by atoms with Crippen LogP contribution in [0.2, 0.25) is 0 Å². The highest BCUT2D eigenvalue weighted by molar-refractivity contribution is 7.89. The van der Waals surface area contributed by atoms with Crippen molar-refractivity contribution in [3.05, 3.63) is 0 Å². The van der Waals surface area contributed by atoms with Crippen molar-refractivity contribution in [2.24, 2.45) is 17.6 Å². The third kappa shape index (κ3) is 3.74. The highest BCUT2D eigenvalue weighted by atomic mass is 32.2. The van der Waals surface area contributed by atoms with Gasteiger partial charge in [-0.15, -0.1) is 0 Å². The van der Waals surface area contributed by atoms with Gasteiger partial charge in [-0.3, -0.25) is 0 Å². The molecule has 0 amide bonds. The van der Waals surface area contributed by atoms with Crippen LogP contribution in [0.3, 0.4) is 0 Å². The molecule has 0 aromatic rings. The predicted molar refractivity (Wildman–Crippen MR) is 62.0 cm³/mol. The van der Waals surface area contributed by atoms with Crippen molar-refractivity contribution < 1.29 is 8.42 Å².